The molecule has 0 radical (unpaired) electrons. The molecule has 1 aliphatic rings. The van der Waals surface area contributed by atoms with E-state index in [0.29, 0.717) is 28.5 Å². The van der Waals surface area contributed by atoms with Crippen LogP contribution in [0.3, 0.4) is 0 Å². The smallest absolute Gasteiger partial charge is 0.227 e. The van der Waals surface area contributed by atoms with Crippen molar-refractivity contribution in [2.75, 3.05) is 23.3 Å². The first kappa shape index (κ1) is 22.4. The number of benzene rings is 2. The van der Waals surface area contributed by atoms with Gasteiger partial charge >= 0.3 is 0 Å². The van der Waals surface area contributed by atoms with E-state index in [0.717, 1.165) is 31.6 Å². The second kappa shape index (κ2) is 9.81. The van der Waals surface area contributed by atoms with E-state index in [2.05, 4.69) is 20.4 Å². The summed E-state index contributed by atoms with van der Waals surface area (Å²) in [4.78, 5) is 30.1. The molecule has 1 fully saturated rings. The summed E-state index contributed by atoms with van der Waals surface area (Å²) in [5.41, 5.74) is 8.19. The van der Waals surface area contributed by atoms with E-state index in [1.807, 2.05) is 24.3 Å². The third-order valence-electron chi connectivity index (χ3n) is 5.88. The van der Waals surface area contributed by atoms with Crippen LogP contribution in [0.2, 0.25) is 0 Å². The van der Waals surface area contributed by atoms with Crippen LogP contribution in [0.5, 0.6) is 0 Å². The Kier molecular flexibility index (Phi) is 6.67. The second-order valence-corrected chi connectivity index (χ2v) is 8.23. The van der Waals surface area contributed by atoms with Gasteiger partial charge in [0.2, 0.25) is 23.5 Å². The molecule has 0 aliphatic carbocycles. The molecule has 33 heavy (non-hydrogen) atoms. The maximum absolute atomic E-state index is 13.7. The van der Waals surface area contributed by atoms with Crippen molar-refractivity contribution in [1.82, 2.24) is 10.1 Å². The normalized spacial score (nSPS) is 14.3. The lowest BCUT2D eigenvalue weighted by Gasteiger charge is -2.32. The van der Waals surface area contributed by atoms with Gasteiger partial charge in [0.25, 0.3) is 0 Å². The highest BCUT2D eigenvalue weighted by atomic mass is 19.1. The summed E-state index contributed by atoms with van der Waals surface area (Å²) in [6.07, 6.45) is 1.96. The molecule has 2 amide bonds. The van der Waals surface area contributed by atoms with Crippen molar-refractivity contribution in [3.8, 4) is 11.4 Å². The van der Waals surface area contributed by atoms with Crippen LogP contribution in [-0.2, 0) is 16.0 Å². The number of amides is 2. The van der Waals surface area contributed by atoms with Crippen molar-refractivity contribution in [3.63, 3.8) is 0 Å². The molecule has 2 heterocycles. The zero-order valence-corrected chi connectivity index (χ0v) is 18.4. The van der Waals surface area contributed by atoms with Crippen molar-refractivity contribution in [3.05, 3.63) is 59.7 Å². The molecular weight excluding hydrogens is 425 g/mol. The summed E-state index contributed by atoms with van der Waals surface area (Å²) in [5.74, 6) is -0.178. The quantitative estimate of drug-likeness (QED) is 0.569. The predicted octanol–water partition coefficient (Wildman–Crippen LogP) is 3.46. The highest BCUT2D eigenvalue weighted by molar-refractivity contribution is 5.91. The van der Waals surface area contributed by atoms with Gasteiger partial charge in [-0.05, 0) is 55.7 Å². The van der Waals surface area contributed by atoms with Crippen LogP contribution in [0, 0.1) is 18.7 Å². The summed E-state index contributed by atoms with van der Waals surface area (Å²) in [6.45, 7) is 3.24. The molecule has 0 unspecified atom stereocenters. The van der Waals surface area contributed by atoms with Crippen LogP contribution < -0.4 is 16.0 Å². The first-order valence-electron chi connectivity index (χ1n) is 10.9. The minimum absolute atomic E-state index is 0.0483. The van der Waals surface area contributed by atoms with Crippen molar-refractivity contribution in [2.24, 2.45) is 11.7 Å². The third-order valence-corrected chi connectivity index (χ3v) is 5.88. The van der Waals surface area contributed by atoms with Gasteiger partial charge in [0.05, 0.1) is 0 Å². The highest BCUT2D eigenvalue weighted by Gasteiger charge is 2.23. The first-order valence-corrected chi connectivity index (χ1v) is 10.9. The third kappa shape index (κ3) is 5.54. The lowest BCUT2D eigenvalue weighted by Crippen LogP contribution is -2.38. The maximum atomic E-state index is 13.7. The number of halogens is 1. The lowest BCUT2D eigenvalue weighted by atomic mass is 9.96. The average Bonchev–Trinajstić information content (AvgIpc) is 3.29. The number of anilines is 2. The van der Waals surface area contributed by atoms with Gasteiger partial charge in [-0.3, -0.25) is 9.59 Å². The topological polar surface area (TPSA) is 114 Å². The van der Waals surface area contributed by atoms with Crippen molar-refractivity contribution >= 4 is 23.2 Å². The summed E-state index contributed by atoms with van der Waals surface area (Å²) in [6, 6.07) is 12.3. The number of nitrogens with two attached hydrogens (primary N) is 1. The van der Waals surface area contributed by atoms with Gasteiger partial charge in [-0.1, -0.05) is 17.3 Å². The summed E-state index contributed by atoms with van der Waals surface area (Å²) >= 11 is 0. The molecular formula is C24H26FN5O3. The molecule has 0 spiro atoms. The van der Waals surface area contributed by atoms with E-state index in [9.17, 15) is 14.0 Å². The fourth-order valence-corrected chi connectivity index (χ4v) is 3.83. The maximum Gasteiger partial charge on any atom is 0.227 e. The van der Waals surface area contributed by atoms with Crippen LogP contribution in [0.15, 0.2) is 47.0 Å². The molecule has 9 heteroatoms. The molecule has 2 aromatic carbocycles. The van der Waals surface area contributed by atoms with E-state index < -0.39 is 0 Å². The zero-order chi connectivity index (χ0) is 23.4. The van der Waals surface area contributed by atoms with E-state index in [1.165, 1.54) is 6.07 Å². The Bertz CT molecular complexity index is 1140. The zero-order valence-electron chi connectivity index (χ0n) is 18.4. The molecule has 0 bridgehead atoms. The van der Waals surface area contributed by atoms with Crippen LogP contribution in [0.1, 0.15) is 30.7 Å². The van der Waals surface area contributed by atoms with Gasteiger partial charge in [-0.2, -0.15) is 4.98 Å². The molecule has 0 atom stereocenters. The van der Waals surface area contributed by atoms with Gasteiger partial charge < -0.3 is 20.5 Å². The molecule has 3 aromatic rings. The van der Waals surface area contributed by atoms with Gasteiger partial charge in [0.15, 0.2) is 0 Å². The fraction of sp³-hybridized carbons (Fsp3) is 0.333. The highest BCUT2D eigenvalue weighted by Crippen LogP contribution is 2.25. The van der Waals surface area contributed by atoms with E-state index in [1.54, 1.807) is 19.1 Å². The SMILES string of the molecule is Cc1ccc(-c2noc(CCC(=O)Nc3ccc(N4CCC(C(N)=O)CC4)cc3)n2)cc1F. The Labute approximate surface area is 191 Å². The Balaban J connectivity index is 1.27. The van der Waals surface area contributed by atoms with Crippen molar-refractivity contribution in [1.29, 1.82) is 0 Å². The Hall–Kier alpha value is -3.75. The van der Waals surface area contributed by atoms with Crippen LogP contribution in [0.25, 0.3) is 11.4 Å². The van der Waals surface area contributed by atoms with Crippen molar-refractivity contribution < 1.29 is 18.5 Å². The Morgan fingerprint density at radius 3 is 2.58 bits per heavy atom. The minimum atomic E-state index is -0.334. The van der Waals surface area contributed by atoms with E-state index in [-0.39, 0.29) is 36.4 Å². The average molecular weight is 452 g/mol. The lowest BCUT2D eigenvalue weighted by molar-refractivity contribution is -0.122. The standard InChI is InChI=1S/C24H26FN5O3/c1-15-2-3-17(14-20(15)25)24-28-22(33-29-24)9-8-21(31)27-18-4-6-19(7-5-18)30-12-10-16(11-13-30)23(26)32/h2-7,14,16H,8-13H2,1H3,(H2,26,32)(H,27,31). The largest absolute Gasteiger partial charge is 0.371 e. The molecule has 8 nitrogen and oxygen atoms in total. The number of hydrogen-bond donors (Lipinski definition) is 2. The number of hydrogen-bond acceptors (Lipinski definition) is 6. The molecule has 172 valence electrons. The van der Waals surface area contributed by atoms with E-state index in [4.69, 9.17) is 10.3 Å². The van der Waals surface area contributed by atoms with Gasteiger partial charge in [0.1, 0.15) is 5.82 Å². The van der Waals surface area contributed by atoms with Gasteiger partial charge in [-0.25, -0.2) is 4.39 Å². The first-order chi connectivity index (χ1) is 15.9. The van der Waals surface area contributed by atoms with Gasteiger partial charge in [-0.15, -0.1) is 0 Å². The number of nitrogens with one attached hydrogen (secondary N) is 1. The summed E-state index contributed by atoms with van der Waals surface area (Å²) in [5, 5.41) is 6.73. The van der Waals surface area contributed by atoms with E-state index >= 15 is 0 Å². The monoisotopic (exact) mass is 451 g/mol. The number of carbonyl (C=O) groups excluding carboxylic acids is 2. The number of nitrogens with zero attached hydrogens (tertiary/aromatic N) is 3. The van der Waals surface area contributed by atoms with Crippen LogP contribution in [0.4, 0.5) is 15.8 Å². The molecule has 1 aliphatic heterocycles. The number of piperidine rings is 1. The van der Waals surface area contributed by atoms with Crippen molar-refractivity contribution in [2.45, 2.75) is 32.6 Å². The molecule has 4 rings (SSSR count). The Morgan fingerprint density at radius 2 is 1.91 bits per heavy atom. The number of primary amides is 1. The van der Waals surface area contributed by atoms with Gasteiger partial charge in [0, 0.05) is 48.8 Å². The predicted molar refractivity (Wildman–Crippen MR) is 122 cm³/mol. The minimum Gasteiger partial charge on any atom is -0.371 e. The van der Waals surface area contributed by atoms with Crippen LogP contribution in [-0.4, -0.2) is 35.0 Å². The van der Waals surface area contributed by atoms with Crippen LogP contribution >= 0.6 is 0 Å². The molecule has 1 saturated heterocycles. The fourth-order valence-electron chi connectivity index (χ4n) is 3.83. The number of carbonyl (C=O) groups is 2. The number of aryl methyl sites for hydroxylation is 2. The molecule has 0 saturated carbocycles. The molecule has 1 aromatic heterocycles. The number of aromatic nitrogens is 2. The summed E-state index contributed by atoms with van der Waals surface area (Å²) < 4.78 is 18.9. The number of rotatable bonds is 7. The Morgan fingerprint density at radius 1 is 1.18 bits per heavy atom. The molecule has 3 N–H and O–H groups in total. The summed E-state index contributed by atoms with van der Waals surface area (Å²) in [7, 11) is 0. The second-order valence-electron chi connectivity index (χ2n) is 8.23.